The van der Waals surface area contributed by atoms with Crippen molar-refractivity contribution in [2.24, 2.45) is 0 Å². The fourth-order valence-electron chi connectivity index (χ4n) is 2.40. The summed E-state index contributed by atoms with van der Waals surface area (Å²) in [5, 5.41) is 11.3. The van der Waals surface area contributed by atoms with E-state index in [1.165, 1.54) is 51.4 Å². The Morgan fingerprint density at radius 1 is 0.913 bits per heavy atom. The molecule has 0 rings (SSSR count). The molecule has 23 heavy (non-hydrogen) atoms. The van der Waals surface area contributed by atoms with Crippen molar-refractivity contribution in [3.63, 3.8) is 0 Å². The second-order valence-electron chi connectivity index (χ2n) is 5.93. The van der Waals surface area contributed by atoms with Gasteiger partial charge < -0.3 is 10.4 Å². The van der Waals surface area contributed by atoms with Crippen molar-refractivity contribution < 1.29 is 14.7 Å². The molecule has 0 aliphatic carbocycles. The first-order chi connectivity index (χ1) is 10.6. The van der Waals surface area contributed by atoms with Gasteiger partial charge in [0.2, 0.25) is 5.91 Å². The molecular formula is C17H34NNaO3S. The minimum absolute atomic E-state index is 0. The molecule has 0 aromatic rings. The number of rotatable bonds is 15. The van der Waals surface area contributed by atoms with Gasteiger partial charge in [-0.15, -0.1) is 0 Å². The van der Waals surface area contributed by atoms with E-state index in [4.69, 9.17) is 5.11 Å². The van der Waals surface area contributed by atoms with E-state index < -0.39 is 12.0 Å². The molecule has 0 saturated heterocycles. The Morgan fingerprint density at radius 3 is 1.74 bits per heavy atom. The molecule has 4 nitrogen and oxygen atoms in total. The number of amides is 1. The fourth-order valence-corrected chi connectivity index (χ4v) is 2.65. The van der Waals surface area contributed by atoms with E-state index in [0.717, 1.165) is 19.3 Å². The Morgan fingerprint density at radius 2 is 1.35 bits per heavy atom. The number of carboxylic acids is 1. The summed E-state index contributed by atoms with van der Waals surface area (Å²) in [6.45, 7) is 2.24. The third kappa shape index (κ3) is 16.9. The Kier molecular flexibility index (Phi) is 20.7. The summed E-state index contributed by atoms with van der Waals surface area (Å²) in [4.78, 5) is 22.3. The summed E-state index contributed by atoms with van der Waals surface area (Å²) >= 11 is 3.92. The van der Waals surface area contributed by atoms with E-state index in [2.05, 4.69) is 24.9 Å². The van der Waals surface area contributed by atoms with E-state index >= 15 is 0 Å². The van der Waals surface area contributed by atoms with Crippen molar-refractivity contribution in [1.82, 2.24) is 5.32 Å². The van der Waals surface area contributed by atoms with Gasteiger partial charge in [-0.3, -0.25) is 4.79 Å². The number of hydrogen-bond acceptors (Lipinski definition) is 3. The molecule has 0 aliphatic heterocycles. The van der Waals surface area contributed by atoms with Crippen LogP contribution in [0.15, 0.2) is 0 Å². The van der Waals surface area contributed by atoms with Crippen LogP contribution in [0.1, 0.15) is 84.0 Å². The zero-order chi connectivity index (χ0) is 16.6. The molecule has 0 aliphatic rings. The summed E-state index contributed by atoms with van der Waals surface area (Å²) in [6.07, 6.45) is 14.1. The topological polar surface area (TPSA) is 66.4 Å². The van der Waals surface area contributed by atoms with Crippen molar-refractivity contribution >= 4 is 54.1 Å². The molecule has 0 saturated carbocycles. The van der Waals surface area contributed by atoms with Gasteiger partial charge in [0.15, 0.2) is 0 Å². The second-order valence-corrected chi connectivity index (χ2v) is 6.29. The van der Waals surface area contributed by atoms with Crippen LogP contribution in [0.25, 0.3) is 0 Å². The SMILES string of the molecule is CCCCCCCCCCCCCC(=O)N[C@@H](CS)C(=O)O.[NaH]. The number of thiol groups is 1. The molecule has 6 heteroatoms. The van der Waals surface area contributed by atoms with Crippen LogP contribution >= 0.6 is 12.6 Å². The van der Waals surface area contributed by atoms with Crippen molar-refractivity contribution in [2.45, 2.75) is 90.0 Å². The normalized spacial score (nSPS) is 11.6. The summed E-state index contributed by atoms with van der Waals surface area (Å²) < 4.78 is 0. The van der Waals surface area contributed by atoms with E-state index in [9.17, 15) is 9.59 Å². The summed E-state index contributed by atoms with van der Waals surface area (Å²) in [7, 11) is 0. The number of carboxylic acid groups (broad SMARTS) is 1. The van der Waals surface area contributed by atoms with Crippen LogP contribution in [-0.4, -0.2) is 58.3 Å². The van der Waals surface area contributed by atoms with Crippen LogP contribution < -0.4 is 5.32 Å². The van der Waals surface area contributed by atoms with Gasteiger partial charge in [0.1, 0.15) is 6.04 Å². The van der Waals surface area contributed by atoms with E-state index in [-0.39, 0.29) is 41.2 Å². The van der Waals surface area contributed by atoms with Gasteiger partial charge in [-0.25, -0.2) is 4.79 Å². The van der Waals surface area contributed by atoms with Gasteiger partial charge in [0.05, 0.1) is 0 Å². The number of carbonyl (C=O) groups excluding carboxylic acids is 1. The molecule has 0 heterocycles. The number of unbranched alkanes of at least 4 members (excludes halogenated alkanes) is 10. The van der Waals surface area contributed by atoms with E-state index in [0.29, 0.717) is 6.42 Å². The molecule has 0 bridgehead atoms. The fraction of sp³-hybridized carbons (Fsp3) is 0.882. The molecule has 0 spiro atoms. The van der Waals surface area contributed by atoms with E-state index in [1.807, 2.05) is 0 Å². The maximum absolute atomic E-state index is 11.6. The first kappa shape index (κ1) is 25.5. The molecule has 0 unspecified atom stereocenters. The predicted molar refractivity (Wildman–Crippen MR) is 102 cm³/mol. The van der Waals surface area contributed by atoms with Crippen molar-refractivity contribution in [3.05, 3.63) is 0 Å². The summed E-state index contributed by atoms with van der Waals surface area (Å²) in [5.74, 6) is -1.08. The molecule has 0 radical (unpaired) electrons. The summed E-state index contributed by atoms with van der Waals surface area (Å²) in [5.41, 5.74) is 0. The van der Waals surface area contributed by atoms with Crippen LogP contribution in [0.2, 0.25) is 0 Å². The van der Waals surface area contributed by atoms with Crippen LogP contribution in [0, 0.1) is 0 Å². The Hall–Kier alpha value is 0.290. The number of nitrogens with one attached hydrogen (secondary N) is 1. The van der Waals surface area contributed by atoms with Gasteiger partial charge in [0, 0.05) is 12.2 Å². The average Bonchev–Trinajstić information content (AvgIpc) is 2.50. The third-order valence-corrected chi connectivity index (χ3v) is 4.19. The number of hydrogen-bond donors (Lipinski definition) is 3. The zero-order valence-corrected chi connectivity index (χ0v) is 14.9. The van der Waals surface area contributed by atoms with E-state index in [1.54, 1.807) is 0 Å². The average molecular weight is 356 g/mol. The minimum atomic E-state index is -1.03. The Bertz CT molecular complexity index is 304. The Labute approximate surface area is 169 Å². The molecule has 2 N–H and O–H groups in total. The molecule has 0 aromatic heterocycles. The standard InChI is InChI=1S/C17H33NO3S.Na.H/c1-2-3-4-5-6-7-8-9-10-11-12-13-16(19)18-15(14-22)17(20)21;;/h15,22H,2-14H2,1H3,(H,18,19)(H,20,21);;/t15-;;/m0../s1. The van der Waals surface area contributed by atoms with Crippen molar-refractivity contribution in [2.75, 3.05) is 5.75 Å². The van der Waals surface area contributed by atoms with Gasteiger partial charge >= 0.3 is 35.5 Å². The van der Waals surface area contributed by atoms with Crippen LogP contribution in [0.4, 0.5) is 0 Å². The maximum atomic E-state index is 11.6. The van der Waals surface area contributed by atoms with Crippen molar-refractivity contribution in [3.8, 4) is 0 Å². The molecule has 0 fully saturated rings. The predicted octanol–water partition coefficient (Wildman–Crippen LogP) is 3.54. The molecule has 0 aromatic carbocycles. The zero-order valence-electron chi connectivity index (χ0n) is 14.0. The second kappa shape index (κ2) is 18.6. The molecule has 1 atom stereocenters. The van der Waals surface area contributed by atoms with Crippen LogP contribution in [0.5, 0.6) is 0 Å². The van der Waals surface area contributed by atoms with Crippen LogP contribution in [-0.2, 0) is 9.59 Å². The quantitative estimate of drug-likeness (QED) is 0.239. The number of carbonyl (C=O) groups is 2. The molecule has 132 valence electrons. The van der Waals surface area contributed by atoms with Gasteiger partial charge in [-0.1, -0.05) is 71.1 Å². The monoisotopic (exact) mass is 355 g/mol. The number of aliphatic carboxylic acids is 1. The molecule has 1 amide bonds. The third-order valence-electron chi connectivity index (χ3n) is 3.82. The molecular weight excluding hydrogens is 321 g/mol. The van der Waals surface area contributed by atoms with Crippen LogP contribution in [0.3, 0.4) is 0 Å². The van der Waals surface area contributed by atoms with Gasteiger partial charge in [-0.2, -0.15) is 12.6 Å². The van der Waals surface area contributed by atoms with Crippen molar-refractivity contribution in [1.29, 1.82) is 0 Å². The van der Waals surface area contributed by atoms with Gasteiger partial charge in [-0.05, 0) is 6.42 Å². The first-order valence-electron chi connectivity index (χ1n) is 8.74. The van der Waals surface area contributed by atoms with Gasteiger partial charge in [0.25, 0.3) is 0 Å². The Balaban J connectivity index is 0. The summed E-state index contributed by atoms with van der Waals surface area (Å²) in [6, 6.07) is -0.872. The first-order valence-corrected chi connectivity index (χ1v) is 9.38.